The molecule has 7 heteroatoms. The minimum atomic E-state index is -0.460. The third kappa shape index (κ3) is 4.15. The third-order valence-corrected chi connectivity index (χ3v) is 4.54. The SMILES string of the molecule is CCOC(=O)CN1C(=O)C(=Cc2ccc(Br)cc2)SC1=S. The summed E-state index contributed by atoms with van der Waals surface area (Å²) in [5.74, 6) is -0.723. The highest BCUT2D eigenvalue weighted by molar-refractivity contribution is 9.10. The lowest BCUT2D eigenvalue weighted by Gasteiger charge is -2.12. The quantitative estimate of drug-likeness (QED) is 0.452. The summed E-state index contributed by atoms with van der Waals surface area (Å²) in [5.41, 5.74) is 0.898. The molecule has 1 aliphatic rings. The first-order chi connectivity index (χ1) is 10.0. The minimum absolute atomic E-state index is 0.143. The molecule has 1 aliphatic heterocycles. The Labute approximate surface area is 140 Å². The first kappa shape index (κ1) is 16.2. The smallest absolute Gasteiger partial charge is 0.326 e. The summed E-state index contributed by atoms with van der Waals surface area (Å²) >= 11 is 9.69. The van der Waals surface area contributed by atoms with Gasteiger partial charge in [0.15, 0.2) is 0 Å². The van der Waals surface area contributed by atoms with Gasteiger partial charge in [-0.15, -0.1) is 0 Å². The van der Waals surface area contributed by atoms with Gasteiger partial charge in [-0.25, -0.2) is 0 Å². The van der Waals surface area contributed by atoms with Crippen LogP contribution >= 0.6 is 39.9 Å². The molecule has 2 rings (SSSR count). The molecule has 0 aliphatic carbocycles. The van der Waals surface area contributed by atoms with E-state index in [4.69, 9.17) is 17.0 Å². The maximum Gasteiger partial charge on any atom is 0.326 e. The highest BCUT2D eigenvalue weighted by Gasteiger charge is 2.33. The summed E-state index contributed by atoms with van der Waals surface area (Å²) < 4.78 is 6.18. The topological polar surface area (TPSA) is 46.6 Å². The van der Waals surface area contributed by atoms with Crippen molar-refractivity contribution in [2.75, 3.05) is 13.2 Å². The Bertz CT molecular complexity index is 613. The van der Waals surface area contributed by atoms with Gasteiger partial charge in [-0.05, 0) is 30.7 Å². The van der Waals surface area contributed by atoms with Crippen LogP contribution in [-0.2, 0) is 14.3 Å². The van der Waals surface area contributed by atoms with Crippen LogP contribution in [0.25, 0.3) is 6.08 Å². The van der Waals surface area contributed by atoms with Crippen LogP contribution in [0.5, 0.6) is 0 Å². The van der Waals surface area contributed by atoms with Crippen LogP contribution in [-0.4, -0.2) is 34.2 Å². The highest BCUT2D eigenvalue weighted by Crippen LogP contribution is 2.32. The van der Waals surface area contributed by atoms with E-state index in [1.807, 2.05) is 24.3 Å². The van der Waals surface area contributed by atoms with E-state index in [1.54, 1.807) is 13.0 Å². The van der Waals surface area contributed by atoms with Crippen molar-refractivity contribution in [3.05, 3.63) is 39.2 Å². The predicted octanol–water partition coefficient (Wildman–Crippen LogP) is 3.21. The van der Waals surface area contributed by atoms with Gasteiger partial charge in [0.25, 0.3) is 5.91 Å². The number of rotatable bonds is 4. The molecule has 0 unspecified atom stereocenters. The molecule has 1 heterocycles. The molecule has 0 atom stereocenters. The number of ether oxygens (including phenoxy) is 1. The number of benzene rings is 1. The molecule has 1 aromatic rings. The van der Waals surface area contributed by atoms with Crippen LogP contribution in [0.2, 0.25) is 0 Å². The van der Waals surface area contributed by atoms with Crippen molar-refractivity contribution in [1.29, 1.82) is 0 Å². The first-order valence-corrected chi connectivity index (χ1v) is 8.19. The predicted molar refractivity (Wildman–Crippen MR) is 90.7 cm³/mol. The van der Waals surface area contributed by atoms with E-state index in [0.717, 1.165) is 10.0 Å². The van der Waals surface area contributed by atoms with Gasteiger partial charge in [0, 0.05) is 4.47 Å². The fraction of sp³-hybridized carbons (Fsp3) is 0.214. The van der Waals surface area contributed by atoms with Gasteiger partial charge in [0.05, 0.1) is 11.5 Å². The van der Waals surface area contributed by atoms with E-state index < -0.39 is 5.97 Å². The molecule has 1 saturated heterocycles. The molecule has 0 aromatic heterocycles. The molecule has 21 heavy (non-hydrogen) atoms. The van der Waals surface area contributed by atoms with Crippen molar-refractivity contribution < 1.29 is 14.3 Å². The maximum absolute atomic E-state index is 12.3. The van der Waals surface area contributed by atoms with Crippen LogP contribution in [0.4, 0.5) is 0 Å². The molecule has 1 amide bonds. The summed E-state index contributed by atoms with van der Waals surface area (Å²) in [6.07, 6.45) is 1.76. The van der Waals surface area contributed by atoms with Crippen LogP contribution in [0.1, 0.15) is 12.5 Å². The Balaban J connectivity index is 2.13. The Morgan fingerprint density at radius 1 is 1.43 bits per heavy atom. The molecule has 0 radical (unpaired) electrons. The molecule has 0 bridgehead atoms. The van der Waals surface area contributed by atoms with Crippen LogP contribution in [0.15, 0.2) is 33.6 Å². The van der Waals surface area contributed by atoms with Crippen LogP contribution < -0.4 is 0 Å². The number of carbonyl (C=O) groups excluding carboxylic acids is 2. The molecule has 0 N–H and O–H groups in total. The van der Waals surface area contributed by atoms with Crippen LogP contribution in [0, 0.1) is 0 Å². The lowest BCUT2D eigenvalue weighted by molar-refractivity contribution is -0.145. The molecule has 4 nitrogen and oxygen atoms in total. The second-order valence-electron chi connectivity index (χ2n) is 4.12. The van der Waals surface area contributed by atoms with Gasteiger partial charge >= 0.3 is 5.97 Å². The number of hydrogen-bond acceptors (Lipinski definition) is 5. The molecule has 110 valence electrons. The number of carbonyl (C=O) groups is 2. The normalized spacial score (nSPS) is 16.7. The molecule has 1 fully saturated rings. The Morgan fingerprint density at radius 2 is 2.10 bits per heavy atom. The van der Waals surface area contributed by atoms with Gasteiger partial charge < -0.3 is 4.74 Å². The highest BCUT2D eigenvalue weighted by atomic mass is 79.9. The van der Waals surface area contributed by atoms with E-state index in [9.17, 15) is 9.59 Å². The van der Waals surface area contributed by atoms with E-state index in [2.05, 4.69) is 15.9 Å². The minimum Gasteiger partial charge on any atom is -0.465 e. The van der Waals surface area contributed by atoms with E-state index >= 15 is 0 Å². The molecular weight excluding hydrogens is 374 g/mol. The molecule has 0 saturated carbocycles. The number of hydrogen-bond donors (Lipinski definition) is 0. The zero-order chi connectivity index (χ0) is 15.4. The molecular formula is C14H12BrNO3S2. The van der Waals surface area contributed by atoms with Gasteiger partial charge in [-0.2, -0.15) is 0 Å². The number of thioether (sulfide) groups is 1. The fourth-order valence-corrected chi connectivity index (χ4v) is 3.20. The van der Waals surface area contributed by atoms with Crippen molar-refractivity contribution >= 4 is 62.2 Å². The second-order valence-corrected chi connectivity index (χ2v) is 6.72. The molecule has 1 aromatic carbocycles. The van der Waals surface area contributed by atoms with Gasteiger partial charge in [0.2, 0.25) is 0 Å². The lowest BCUT2D eigenvalue weighted by Crippen LogP contribution is -2.34. The third-order valence-electron chi connectivity index (χ3n) is 2.63. The standard InChI is InChI=1S/C14H12BrNO3S2/c1-2-19-12(17)8-16-13(18)11(21-14(16)20)7-9-3-5-10(15)6-4-9/h3-7H,2,8H2,1H3. The maximum atomic E-state index is 12.3. The Hall–Kier alpha value is -1.18. The van der Waals surface area contributed by atoms with E-state index in [-0.39, 0.29) is 19.1 Å². The average molecular weight is 386 g/mol. The summed E-state index contributed by atoms with van der Waals surface area (Å²) in [6.45, 7) is 1.86. The van der Waals surface area contributed by atoms with Crippen molar-refractivity contribution in [2.45, 2.75) is 6.92 Å². The van der Waals surface area contributed by atoms with Crippen molar-refractivity contribution in [1.82, 2.24) is 4.90 Å². The first-order valence-electron chi connectivity index (χ1n) is 6.18. The summed E-state index contributed by atoms with van der Waals surface area (Å²) in [7, 11) is 0. The largest absolute Gasteiger partial charge is 0.465 e. The summed E-state index contributed by atoms with van der Waals surface area (Å²) in [5, 5.41) is 0. The number of nitrogens with zero attached hydrogens (tertiary/aromatic N) is 1. The van der Waals surface area contributed by atoms with Gasteiger partial charge in [0.1, 0.15) is 10.9 Å². The Kier molecular flexibility index (Phi) is 5.55. The molecule has 0 spiro atoms. The summed E-state index contributed by atoms with van der Waals surface area (Å²) in [6, 6.07) is 7.57. The van der Waals surface area contributed by atoms with Gasteiger partial charge in [-0.1, -0.05) is 52.0 Å². The van der Waals surface area contributed by atoms with Gasteiger partial charge in [-0.3, -0.25) is 14.5 Å². The number of halogens is 1. The van der Waals surface area contributed by atoms with E-state index in [1.165, 1.54) is 16.7 Å². The van der Waals surface area contributed by atoms with Crippen molar-refractivity contribution in [3.63, 3.8) is 0 Å². The number of esters is 1. The number of thiocarbonyl (C=S) groups is 1. The van der Waals surface area contributed by atoms with Crippen LogP contribution in [0.3, 0.4) is 0 Å². The summed E-state index contributed by atoms with van der Waals surface area (Å²) in [4.78, 5) is 25.5. The van der Waals surface area contributed by atoms with Crippen molar-refractivity contribution in [2.24, 2.45) is 0 Å². The average Bonchev–Trinajstić information content (AvgIpc) is 2.69. The monoisotopic (exact) mass is 385 g/mol. The van der Waals surface area contributed by atoms with E-state index in [0.29, 0.717) is 9.23 Å². The Morgan fingerprint density at radius 3 is 2.71 bits per heavy atom. The number of amides is 1. The zero-order valence-corrected chi connectivity index (χ0v) is 14.4. The lowest BCUT2D eigenvalue weighted by atomic mass is 10.2. The zero-order valence-electron chi connectivity index (χ0n) is 11.2. The second kappa shape index (κ2) is 7.20. The van der Waals surface area contributed by atoms with Crippen molar-refractivity contribution in [3.8, 4) is 0 Å². The fourth-order valence-electron chi connectivity index (χ4n) is 1.68.